The summed E-state index contributed by atoms with van der Waals surface area (Å²) in [5.74, 6) is 0.109. The molecule has 80 valence electrons. The van der Waals surface area contributed by atoms with Crippen molar-refractivity contribution in [3.05, 3.63) is 0 Å². The number of carbonyl (C=O) groups is 1. The number of fused-ring (bicyclic) bond motifs is 1. The molecule has 0 aromatic heterocycles. The highest BCUT2D eigenvalue weighted by molar-refractivity contribution is 5.82. The monoisotopic (exact) mass is 198 g/mol. The molecule has 2 heterocycles. The summed E-state index contributed by atoms with van der Waals surface area (Å²) >= 11 is 0. The van der Waals surface area contributed by atoms with Crippen LogP contribution in [0.2, 0.25) is 0 Å². The average molecular weight is 198 g/mol. The van der Waals surface area contributed by atoms with Crippen LogP contribution in [0.5, 0.6) is 0 Å². The van der Waals surface area contributed by atoms with E-state index in [0.717, 1.165) is 19.4 Å². The Bertz CT molecular complexity index is 218. The molecule has 1 amide bonds. The lowest BCUT2D eigenvalue weighted by Crippen LogP contribution is -2.45. The van der Waals surface area contributed by atoms with Crippen molar-refractivity contribution in [3.8, 4) is 0 Å². The van der Waals surface area contributed by atoms with Gasteiger partial charge in [0.05, 0.1) is 12.1 Å². The molecule has 0 aliphatic carbocycles. The number of hydrogen-bond acceptors (Lipinski definition) is 3. The normalized spacial score (nSPS) is 36.1. The first kappa shape index (κ1) is 9.93. The summed E-state index contributed by atoms with van der Waals surface area (Å²) in [6.07, 6.45) is 2.12. The second-order valence-electron chi connectivity index (χ2n) is 4.42. The summed E-state index contributed by atoms with van der Waals surface area (Å²) in [4.78, 5) is 11.7. The summed E-state index contributed by atoms with van der Waals surface area (Å²) in [7, 11) is 0. The van der Waals surface area contributed by atoms with E-state index in [4.69, 9.17) is 4.74 Å². The summed E-state index contributed by atoms with van der Waals surface area (Å²) < 4.78 is 5.52. The molecular weight excluding hydrogens is 180 g/mol. The third-order valence-corrected chi connectivity index (χ3v) is 2.84. The maximum absolute atomic E-state index is 11.7. The SMILES string of the molecule is CC(C)NC(=O)C1CC2OCCC2N1. The Kier molecular flexibility index (Phi) is 2.74. The van der Waals surface area contributed by atoms with Crippen molar-refractivity contribution in [2.75, 3.05) is 6.61 Å². The fourth-order valence-electron chi connectivity index (χ4n) is 2.20. The van der Waals surface area contributed by atoms with E-state index in [-0.39, 0.29) is 24.1 Å². The molecule has 0 spiro atoms. The van der Waals surface area contributed by atoms with Gasteiger partial charge in [0.25, 0.3) is 0 Å². The highest BCUT2D eigenvalue weighted by Crippen LogP contribution is 2.24. The fourth-order valence-corrected chi connectivity index (χ4v) is 2.20. The van der Waals surface area contributed by atoms with E-state index in [0.29, 0.717) is 6.04 Å². The van der Waals surface area contributed by atoms with Crippen molar-refractivity contribution in [2.24, 2.45) is 0 Å². The standard InChI is InChI=1S/C10H18N2O2/c1-6(2)11-10(13)8-5-9-7(12-8)3-4-14-9/h6-9,12H,3-5H2,1-2H3,(H,11,13). The molecule has 2 N–H and O–H groups in total. The van der Waals surface area contributed by atoms with Gasteiger partial charge in [-0.2, -0.15) is 0 Å². The number of carbonyl (C=O) groups excluding carboxylic acids is 1. The quantitative estimate of drug-likeness (QED) is 0.658. The van der Waals surface area contributed by atoms with Crippen LogP contribution in [0.25, 0.3) is 0 Å². The number of nitrogens with one attached hydrogen (secondary N) is 2. The smallest absolute Gasteiger partial charge is 0.237 e. The van der Waals surface area contributed by atoms with Crippen molar-refractivity contribution >= 4 is 5.91 Å². The summed E-state index contributed by atoms with van der Waals surface area (Å²) in [6, 6.07) is 0.566. The maximum Gasteiger partial charge on any atom is 0.237 e. The minimum atomic E-state index is -0.0484. The first-order valence-corrected chi connectivity index (χ1v) is 5.35. The minimum Gasteiger partial charge on any atom is -0.376 e. The van der Waals surface area contributed by atoms with Crippen molar-refractivity contribution < 1.29 is 9.53 Å². The molecule has 2 fully saturated rings. The Balaban J connectivity index is 1.86. The van der Waals surface area contributed by atoms with E-state index < -0.39 is 0 Å². The topological polar surface area (TPSA) is 50.4 Å². The molecule has 0 aromatic rings. The van der Waals surface area contributed by atoms with Gasteiger partial charge in [0, 0.05) is 18.7 Å². The van der Waals surface area contributed by atoms with Crippen LogP contribution in [0.15, 0.2) is 0 Å². The molecule has 2 aliphatic rings. The van der Waals surface area contributed by atoms with Crippen molar-refractivity contribution in [2.45, 2.75) is 50.9 Å². The molecule has 0 bridgehead atoms. The molecule has 3 unspecified atom stereocenters. The summed E-state index contributed by atoms with van der Waals surface area (Å²) in [5, 5.41) is 6.24. The van der Waals surface area contributed by atoms with E-state index in [1.54, 1.807) is 0 Å². The molecule has 2 aliphatic heterocycles. The minimum absolute atomic E-state index is 0.0484. The first-order valence-electron chi connectivity index (χ1n) is 5.35. The van der Waals surface area contributed by atoms with Gasteiger partial charge in [-0.1, -0.05) is 0 Å². The third kappa shape index (κ3) is 1.91. The molecule has 2 rings (SSSR count). The van der Waals surface area contributed by atoms with Gasteiger partial charge in [-0.15, -0.1) is 0 Å². The lowest BCUT2D eigenvalue weighted by molar-refractivity contribution is -0.123. The van der Waals surface area contributed by atoms with Gasteiger partial charge < -0.3 is 15.4 Å². The predicted molar refractivity (Wildman–Crippen MR) is 53.0 cm³/mol. The summed E-state index contributed by atoms with van der Waals surface area (Å²) in [5.41, 5.74) is 0. The highest BCUT2D eigenvalue weighted by Gasteiger charge is 2.40. The molecule has 14 heavy (non-hydrogen) atoms. The number of hydrogen-bond donors (Lipinski definition) is 2. The van der Waals surface area contributed by atoms with Gasteiger partial charge in [-0.05, 0) is 26.7 Å². The molecule has 0 radical (unpaired) electrons. The Labute approximate surface area is 84.4 Å². The van der Waals surface area contributed by atoms with E-state index >= 15 is 0 Å². The van der Waals surface area contributed by atoms with Crippen molar-refractivity contribution in [1.82, 2.24) is 10.6 Å². The number of amides is 1. The Hall–Kier alpha value is -0.610. The molecule has 3 atom stereocenters. The molecule has 4 heteroatoms. The van der Waals surface area contributed by atoms with Crippen molar-refractivity contribution in [3.63, 3.8) is 0 Å². The van der Waals surface area contributed by atoms with Gasteiger partial charge in [0.1, 0.15) is 0 Å². The molecular formula is C10H18N2O2. The Morgan fingerprint density at radius 1 is 1.57 bits per heavy atom. The van der Waals surface area contributed by atoms with Crippen molar-refractivity contribution in [1.29, 1.82) is 0 Å². The van der Waals surface area contributed by atoms with E-state index in [9.17, 15) is 4.79 Å². The van der Waals surface area contributed by atoms with Gasteiger partial charge in [-0.25, -0.2) is 0 Å². The van der Waals surface area contributed by atoms with Crippen LogP contribution in [-0.4, -0.2) is 36.7 Å². The lowest BCUT2D eigenvalue weighted by atomic mass is 10.1. The van der Waals surface area contributed by atoms with Crippen LogP contribution in [0.3, 0.4) is 0 Å². The Morgan fingerprint density at radius 3 is 3.00 bits per heavy atom. The predicted octanol–water partition coefficient (Wildman–Crippen LogP) is 0.0304. The zero-order chi connectivity index (χ0) is 10.1. The zero-order valence-electron chi connectivity index (χ0n) is 8.75. The molecule has 2 saturated heterocycles. The van der Waals surface area contributed by atoms with Crippen LogP contribution in [0.1, 0.15) is 26.7 Å². The fraction of sp³-hybridized carbons (Fsp3) is 0.900. The second kappa shape index (κ2) is 3.87. The summed E-state index contributed by atoms with van der Waals surface area (Å²) in [6.45, 7) is 4.79. The van der Waals surface area contributed by atoms with Gasteiger partial charge in [0.2, 0.25) is 5.91 Å². The van der Waals surface area contributed by atoms with E-state index in [1.165, 1.54) is 0 Å². The van der Waals surface area contributed by atoms with Crippen LogP contribution < -0.4 is 10.6 Å². The Morgan fingerprint density at radius 2 is 2.36 bits per heavy atom. The molecule has 0 saturated carbocycles. The number of rotatable bonds is 2. The zero-order valence-corrected chi connectivity index (χ0v) is 8.75. The van der Waals surface area contributed by atoms with Crippen LogP contribution >= 0.6 is 0 Å². The maximum atomic E-state index is 11.7. The van der Waals surface area contributed by atoms with Gasteiger partial charge in [0.15, 0.2) is 0 Å². The van der Waals surface area contributed by atoms with Crippen LogP contribution in [-0.2, 0) is 9.53 Å². The highest BCUT2D eigenvalue weighted by atomic mass is 16.5. The van der Waals surface area contributed by atoms with Crippen LogP contribution in [0.4, 0.5) is 0 Å². The average Bonchev–Trinajstić information content (AvgIpc) is 2.58. The van der Waals surface area contributed by atoms with Gasteiger partial charge >= 0.3 is 0 Å². The molecule has 0 aromatic carbocycles. The van der Waals surface area contributed by atoms with Gasteiger partial charge in [-0.3, -0.25) is 4.79 Å². The lowest BCUT2D eigenvalue weighted by Gasteiger charge is -2.14. The first-order chi connectivity index (χ1) is 6.66. The third-order valence-electron chi connectivity index (χ3n) is 2.84. The largest absolute Gasteiger partial charge is 0.376 e. The molecule has 4 nitrogen and oxygen atoms in total. The van der Waals surface area contributed by atoms with E-state index in [1.807, 2.05) is 13.8 Å². The van der Waals surface area contributed by atoms with Crippen LogP contribution in [0, 0.1) is 0 Å². The van der Waals surface area contributed by atoms with E-state index in [2.05, 4.69) is 10.6 Å². The second-order valence-corrected chi connectivity index (χ2v) is 4.42. The number of ether oxygens (including phenoxy) is 1.